The Morgan fingerprint density at radius 3 is 2.70 bits per heavy atom. The summed E-state index contributed by atoms with van der Waals surface area (Å²) < 4.78 is 34.1. The zero-order chi connectivity index (χ0) is 14.8. The van der Waals surface area contributed by atoms with Gasteiger partial charge >= 0.3 is 10.2 Å². The average Bonchev–Trinajstić information content (AvgIpc) is 2.81. The second kappa shape index (κ2) is 6.13. The summed E-state index contributed by atoms with van der Waals surface area (Å²) in [5.74, 6) is -0.690. The molecule has 20 heavy (non-hydrogen) atoms. The first-order chi connectivity index (χ1) is 9.44. The summed E-state index contributed by atoms with van der Waals surface area (Å²) in [5.41, 5.74) is 0.217. The second-order valence-electron chi connectivity index (χ2n) is 4.28. The van der Waals surface area contributed by atoms with Crippen molar-refractivity contribution in [1.82, 2.24) is 13.6 Å². The molecular weight excluding hydrogens is 306 g/mol. The maximum atomic E-state index is 12.1. The van der Waals surface area contributed by atoms with E-state index in [4.69, 9.17) is 16.3 Å². The van der Waals surface area contributed by atoms with Gasteiger partial charge in [0.1, 0.15) is 5.69 Å². The lowest BCUT2D eigenvalue weighted by Crippen LogP contribution is -2.48. The van der Waals surface area contributed by atoms with Crippen LogP contribution in [0.15, 0.2) is 12.3 Å². The number of hydrogen-bond acceptors (Lipinski definition) is 4. The summed E-state index contributed by atoms with van der Waals surface area (Å²) in [6.07, 6.45) is 1.58. The summed E-state index contributed by atoms with van der Waals surface area (Å²) in [7, 11) is -3.85. The van der Waals surface area contributed by atoms with E-state index in [9.17, 15) is 13.2 Å². The van der Waals surface area contributed by atoms with Crippen LogP contribution < -0.4 is 4.72 Å². The molecule has 2 rings (SSSR count). The van der Waals surface area contributed by atoms with Crippen LogP contribution in [0.25, 0.3) is 0 Å². The van der Waals surface area contributed by atoms with E-state index in [1.165, 1.54) is 10.4 Å². The lowest BCUT2D eigenvalue weighted by atomic mass is 10.4. The Bertz CT molecular complexity index is 593. The van der Waals surface area contributed by atoms with Gasteiger partial charge in [-0.25, -0.2) is 4.72 Å². The molecule has 112 valence electrons. The van der Waals surface area contributed by atoms with Crippen LogP contribution in [-0.4, -0.2) is 49.5 Å². The van der Waals surface area contributed by atoms with E-state index in [0.29, 0.717) is 24.8 Å². The molecule has 9 heteroatoms. The minimum atomic E-state index is -3.85. The smallest absolute Gasteiger partial charge is 0.304 e. The number of halogens is 1. The molecule has 7 nitrogen and oxygen atoms in total. The van der Waals surface area contributed by atoms with Gasteiger partial charge in [-0.15, -0.1) is 0 Å². The molecule has 2 heterocycles. The molecular formula is C11H16ClN3O4S. The number of ether oxygens (including phenoxy) is 1. The third kappa shape index (κ3) is 3.32. The maximum absolute atomic E-state index is 12.1. The SMILES string of the molecule is CCn1cc(Cl)cc1C(=O)NS(=O)(=O)N1CCOCC1. The highest BCUT2D eigenvalue weighted by Crippen LogP contribution is 2.14. The molecule has 0 bridgehead atoms. The Kier molecular flexibility index (Phi) is 4.69. The van der Waals surface area contributed by atoms with Gasteiger partial charge in [-0.1, -0.05) is 11.6 Å². The van der Waals surface area contributed by atoms with E-state index in [2.05, 4.69) is 4.72 Å². The van der Waals surface area contributed by atoms with Gasteiger partial charge in [0.15, 0.2) is 0 Å². The Labute approximate surface area is 122 Å². The first kappa shape index (κ1) is 15.3. The minimum Gasteiger partial charge on any atom is -0.379 e. The zero-order valence-electron chi connectivity index (χ0n) is 11.0. The Hall–Kier alpha value is -1.09. The molecule has 1 N–H and O–H groups in total. The summed E-state index contributed by atoms with van der Waals surface area (Å²) in [5, 5.41) is 0.390. The van der Waals surface area contributed by atoms with Crippen LogP contribution in [0.1, 0.15) is 17.4 Å². The fourth-order valence-electron chi connectivity index (χ4n) is 1.95. The van der Waals surface area contributed by atoms with Crippen LogP contribution in [0, 0.1) is 0 Å². The molecule has 1 fully saturated rings. The third-order valence-electron chi connectivity index (χ3n) is 2.97. The number of aryl methyl sites for hydroxylation is 1. The molecule has 0 aromatic carbocycles. The molecule has 1 amide bonds. The lowest BCUT2D eigenvalue weighted by Gasteiger charge is -2.25. The molecule has 1 aliphatic heterocycles. The zero-order valence-corrected chi connectivity index (χ0v) is 12.6. The number of hydrogen-bond donors (Lipinski definition) is 1. The van der Waals surface area contributed by atoms with Crippen molar-refractivity contribution in [1.29, 1.82) is 0 Å². The van der Waals surface area contributed by atoms with Crippen molar-refractivity contribution in [3.8, 4) is 0 Å². The molecule has 0 atom stereocenters. The highest BCUT2D eigenvalue weighted by atomic mass is 35.5. The van der Waals surface area contributed by atoms with E-state index >= 15 is 0 Å². The normalized spacial score (nSPS) is 17.1. The van der Waals surface area contributed by atoms with Gasteiger partial charge in [-0.05, 0) is 13.0 Å². The Balaban J connectivity index is 2.13. The average molecular weight is 322 g/mol. The summed E-state index contributed by atoms with van der Waals surface area (Å²) >= 11 is 5.83. The van der Waals surface area contributed by atoms with E-state index in [-0.39, 0.29) is 18.8 Å². The molecule has 1 aliphatic rings. The van der Waals surface area contributed by atoms with Crippen LogP contribution in [0.4, 0.5) is 0 Å². The van der Waals surface area contributed by atoms with Gasteiger partial charge in [0.25, 0.3) is 5.91 Å². The van der Waals surface area contributed by atoms with Crippen LogP contribution in [0.5, 0.6) is 0 Å². The first-order valence-corrected chi connectivity index (χ1v) is 8.01. The van der Waals surface area contributed by atoms with Crippen molar-refractivity contribution in [3.05, 3.63) is 23.0 Å². The van der Waals surface area contributed by atoms with Crippen molar-refractivity contribution in [3.63, 3.8) is 0 Å². The maximum Gasteiger partial charge on any atom is 0.304 e. The third-order valence-corrected chi connectivity index (χ3v) is 4.66. The number of nitrogens with one attached hydrogen (secondary N) is 1. The van der Waals surface area contributed by atoms with Gasteiger partial charge in [0.2, 0.25) is 0 Å². The molecule has 1 aromatic rings. The van der Waals surface area contributed by atoms with Crippen LogP contribution in [0.2, 0.25) is 5.02 Å². The topological polar surface area (TPSA) is 80.6 Å². The number of aromatic nitrogens is 1. The molecule has 1 saturated heterocycles. The van der Waals surface area contributed by atoms with Crippen molar-refractivity contribution >= 4 is 27.7 Å². The molecule has 0 unspecified atom stereocenters. The van der Waals surface area contributed by atoms with E-state index in [1.807, 2.05) is 6.92 Å². The Morgan fingerprint density at radius 1 is 1.45 bits per heavy atom. The van der Waals surface area contributed by atoms with Crippen LogP contribution >= 0.6 is 11.6 Å². The van der Waals surface area contributed by atoms with Gasteiger partial charge in [0.05, 0.1) is 18.2 Å². The molecule has 0 radical (unpaired) electrons. The summed E-state index contributed by atoms with van der Waals surface area (Å²) in [6.45, 7) is 3.48. The summed E-state index contributed by atoms with van der Waals surface area (Å²) in [6, 6.07) is 1.44. The van der Waals surface area contributed by atoms with Gasteiger partial charge in [-0.2, -0.15) is 12.7 Å². The predicted molar refractivity (Wildman–Crippen MR) is 73.9 cm³/mol. The van der Waals surface area contributed by atoms with Gasteiger partial charge in [0, 0.05) is 25.8 Å². The van der Waals surface area contributed by atoms with Crippen molar-refractivity contribution in [2.45, 2.75) is 13.5 Å². The van der Waals surface area contributed by atoms with Crippen LogP contribution in [0.3, 0.4) is 0 Å². The first-order valence-electron chi connectivity index (χ1n) is 6.19. The van der Waals surface area contributed by atoms with E-state index < -0.39 is 16.1 Å². The highest BCUT2D eigenvalue weighted by Gasteiger charge is 2.27. The van der Waals surface area contributed by atoms with E-state index in [1.54, 1.807) is 10.8 Å². The minimum absolute atomic E-state index is 0.217. The highest BCUT2D eigenvalue weighted by molar-refractivity contribution is 7.87. The fourth-order valence-corrected chi connectivity index (χ4v) is 3.27. The number of amides is 1. The molecule has 1 aromatic heterocycles. The summed E-state index contributed by atoms with van der Waals surface area (Å²) in [4.78, 5) is 12.1. The van der Waals surface area contributed by atoms with Gasteiger partial charge in [-0.3, -0.25) is 4.79 Å². The van der Waals surface area contributed by atoms with Crippen molar-refractivity contribution in [2.24, 2.45) is 0 Å². The van der Waals surface area contributed by atoms with Gasteiger partial charge < -0.3 is 9.30 Å². The number of nitrogens with zero attached hydrogens (tertiary/aromatic N) is 2. The lowest BCUT2D eigenvalue weighted by molar-refractivity contribution is 0.0718. The molecule has 0 saturated carbocycles. The largest absolute Gasteiger partial charge is 0.379 e. The number of carbonyl (C=O) groups is 1. The Morgan fingerprint density at radius 2 is 2.10 bits per heavy atom. The second-order valence-corrected chi connectivity index (χ2v) is 6.38. The van der Waals surface area contributed by atoms with E-state index in [0.717, 1.165) is 0 Å². The quantitative estimate of drug-likeness (QED) is 0.874. The van der Waals surface area contributed by atoms with Crippen molar-refractivity contribution in [2.75, 3.05) is 26.3 Å². The van der Waals surface area contributed by atoms with Crippen molar-refractivity contribution < 1.29 is 17.9 Å². The van der Waals surface area contributed by atoms with Crippen LogP contribution in [-0.2, 0) is 21.5 Å². The fraction of sp³-hybridized carbons (Fsp3) is 0.545. The molecule has 0 spiro atoms. The molecule has 0 aliphatic carbocycles. The predicted octanol–water partition coefficient (Wildman–Crippen LogP) is 0.468. The monoisotopic (exact) mass is 321 g/mol. The standard InChI is InChI=1S/C11H16ClN3O4S/c1-2-14-8-9(12)7-10(14)11(16)13-20(17,18)15-3-5-19-6-4-15/h7-8H,2-6H2,1H3,(H,13,16). The number of rotatable bonds is 4. The number of carbonyl (C=O) groups excluding carboxylic acids is 1. The number of morpholine rings is 1.